The summed E-state index contributed by atoms with van der Waals surface area (Å²) in [5, 5.41) is 8.65. The molecule has 29 heavy (non-hydrogen) atoms. The average molecular weight is 435 g/mol. The topological polar surface area (TPSA) is 59.8 Å². The predicted molar refractivity (Wildman–Crippen MR) is 123 cm³/mol. The average Bonchev–Trinajstić information content (AvgIpc) is 2.98. The lowest BCUT2D eigenvalue weighted by molar-refractivity contribution is 0.111. The van der Waals surface area contributed by atoms with Crippen LogP contribution in [0, 0.1) is 27.7 Å². The van der Waals surface area contributed by atoms with Crippen LogP contribution in [0.5, 0.6) is 0 Å². The third-order valence-electron chi connectivity index (χ3n) is 4.20. The summed E-state index contributed by atoms with van der Waals surface area (Å²) in [5.74, 6) is 0.475. The highest BCUT2D eigenvalue weighted by Crippen LogP contribution is 2.24. The number of nitrogens with zero attached hydrogens (tertiary/aromatic N) is 3. The van der Waals surface area contributed by atoms with E-state index in [1.54, 1.807) is 18.3 Å². The summed E-state index contributed by atoms with van der Waals surface area (Å²) in [6.07, 6.45) is 2.38. The molecule has 156 valence electrons. The summed E-state index contributed by atoms with van der Waals surface area (Å²) < 4.78 is 1.47. The second-order valence-electron chi connectivity index (χ2n) is 6.10. The Morgan fingerprint density at radius 2 is 1.66 bits per heavy atom. The molecule has 5 nitrogen and oxygen atoms in total. The zero-order chi connectivity index (χ0) is 22.1. The van der Waals surface area contributed by atoms with E-state index < -0.39 is 0 Å². The van der Waals surface area contributed by atoms with Crippen LogP contribution in [0.3, 0.4) is 0 Å². The molecule has 0 fully saturated rings. The zero-order valence-corrected chi connectivity index (χ0v) is 19.5. The fourth-order valence-electron chi connectivity index (χ4n) is 2.76. The van der Waals surface area contributed by atoms with Crippen LogP contribution in [0.2, 0.25) is 10.0 Å². The number of rotatable bonds is 3. The first-order valence-corrected chi connectivity index (χ1v) is 10.1. The van der Waals surface area contributed by atoms with E-state index in [1.165, 1.54) is 21.5 Å². The van der Waals surface area contributed by atoms with Crippen molar-refractivity contribution in [2.24, 2.45) is 0 Å². The van der Waals surface area contributed by atoms with E-state index in [1.807, 2.05) is 60.7 Å². The van der Waals surface area contributed by atoms with Gasteiger partial charge in [-0.3, -0.25) is 4.79 Å². The highest BCUT2D eigenvalue weighted by Gasteiger charge is 2.14. The van der Waals surface area contributed by atoms with E-state index in [2.05, 4.69) is 15.4 Å². The third kappa shape index (κ3) is 6.05. The lowest BCUT2D eigenvalue weighted by atomic mass is 10.1. The van der Waals surface area contributed by atoms with Gasteiger partial charge in [0, 0.05) is 29.5 Å². The maximum Gasteiger partial charge on any atom is 0.172 e. The molecule has 0 saturated carbocycles. The summed E-state index contributed by atoms with van der Waals surface area (Å²) in [6, 6.07) is 7.36. The monoisotopic (exact) mass is 434 g/mol. The van der Waals surface area contributed by atoms with Gasteiger partial charge in [0.2, 0.25) is 0 Å². The van der Waals surface area contributed by atoms with Gasteiger partial charge in [0.15, 0.2) is 12.1 Å². The summed E-state index contributed by atoms with van der Waals surface area (Å²) >= 11 is 11.9. The number of carbonyl (C=O) groups excluding carboxylic acids is 1. The largest absolute Gasteiger partial charge is 0.388 e. The van der Waals surface area contributed by atoms with Gasteiger partial charge < -0.3 is 5.32 Å². The number of aldehydes is 1. The molecule has 7 heteroatoms. The van der Waals surface area contributed by atoms with Crippen molar-refractivity contribution in [3.05, 3.63) is 68.6 Å². The van der Waals surface area contributed by atoms with Gasteiger partial charge in [0.1, 0.15) is 5.69 Å². The Kier molecular flexibility index (Phi) is 9.86. The molecule has 2 aromatic heterocycles. The molecule has 3 aromatic rings. The first-order valence-electron chi connectivity index (χ1n) is 9.37. The van der Waals surface area contributed by atoms with Crippen LogP contribution in [-0.4, -0.2) is 28.1 Å². The van der Waals surface area contributed by atoms with Crippen LogP contribution < -0.4 is 5.32 Å². The number of pyridine rings is 1. The van der Waals surface area contributed by atoms with Crippen LogP contribution in [-0.2, 0) is 0 Å². The van der Waals surface area contributed by atoms with Crippen LogP contribution in [0.4, 0.5) is 5.69 Å². The molecule has 0 amide bonds. The van der Waals surface area contributed by atoms with Crippen molar-refractivity contribution in [2.45, 2.75) is 41.5 Å². The normalized spacial score (nSPS) is 9.69. The lowest BCUT2D eigenvalue weighted by Crippen LogP contribution is -2.04. The quantitative estimate of drug-likeness (QED) is 0.486. The minimum atomic E-state index is 0.466. The Morgan fingerprint density at radius 1 is 1.07 bits per heavy atom. The van der Waals surface area contributed by atoms with Gasteiger partial charge in [0.25, 0.3) is 0 Å². The van der Waals surface area contributed by atoms with E-state index in [4.69, 9.17) is 23.2 Å². The molecule has 0 saturated heterocycles. The van der Waals surface area contributed by atoms with E-state index in [-0.39, 0.29) is 0 Å². The second kappa shape index (κ2) is 11.6. The molecule has 0 aliphatic heterocycles. The lowest BCUT2D eigenvalue weighted by Gasteiger charge is -2.08. The Morgan fingerprint density at radius 3 is 2.14 bits per heavy atom. The third-order valence-corrected chi connectivity index (χ3v) is 4.72. The Labute approximate surface area is 183 Å². The van der Waals surface area contributed by atoms with E-state index in [0.717, 1.165) is 22.6 Å². The van der Waals surface area contributed by atoms with Crippen molar-refractivity contribution in [3.63, 3.8) is 0 Å². The first-order chi connectivity index (χ1) is 13.8. The summed E-state index contributed by atoms with van der Waals surface area (Å²) in [4.78, 5) is 15.1. The van der Waals surface area contributed by atoms with Crippen LogP contribution in [0.15, 0.2) is 30.5 Å². The van der Waals surface area contributed by atoms with Crippen molar-refractivity contribution < 1.29 is 4.79 Å². The molecule has 1 aromatic carbocycles. The number of nitrogens with one attached hydrogen (secondary N) is 1. The van der Waals surface area contributed by atoms with Gasteiger partial charge >= 0.3 is 0 Å². The molecule has 3 rings (SSSR count). The molecular formula is C22H28Cl2N4O. The fraction of sp³-hybridized carbons (Fsp3) is 0.318. The molecule has 0 unspecified atom stereocenters. The van der Waals surface area contributed by atoms with Crippen molar-refractivity contribution in [3.8, 4) is 5.82 Å². The van der Waals surface area contributed by atoms with Crippen molar-refractivity contribution in [2.75, 3.05) is 12.4 Å². The highest BCUT2D eigenvalue weighted by atomic mass is 35.5. The van der Waals surface area contributed by atoms with Gasteiger partial charge in [-0.25, -0.2) is 9.67 Å². The number of aryl methyl sites for hydroxylation is 3. The molecule has 0 spiro atoms. The molecule has 0 radical (unpaired) electrons. The number of hydrogen-bond donors (Lipinski definition) is 1. The maximum atomic E-state index is 11.0. The Balaban J connectivity index is 0.000000284. The predicted octanol–water partition coefficient (Wildman–Crippen LogP) is 6.37. The van der Waals surface area contributed by atoms with Gasteiger partial charge in [-0.15, -0.1) is 0 Å². The number of aromatic nitrogens is 3. The van der Waals surface area contributed by atoms with E-state index >= 15 is 0 Å². The number of halogens is 2. The van der Waals surface area contributed by atoms with Crippen molar-refractivity contribution in [1.29, 1.82) is 0 Å². The van der Waals surface area contributed by atoms with Crippen LogP contribution in [0.25, 0.3) is 5.82 Å². The summed E-state index contributed by atoms with van der Waals surface area (Å²) in [6.45, 7) is 11.8. The minimum Gasteiger partial charge on any atom is -0.388 e. The standard InChI is InChI=1S/C11H10ClN3O.C9H12ClN.C2H6/c1-7-8(2)14-15(10(7)6-16)11-9(12)4-3-5-13-11;1-6-4-8(10)5-7(2)9(6)11-3;1-2/h3-6H,1-2H3;4-5,11H,1-3H3;1-2H3. The number of anilines is 1. The van der Waals surface area contributed by atoms with Crippen molar-refractivity contribution in [1.82, 2.24) is 14.8 Å². The van der Waals surface area contributed by atoms with Crippen molar-refractivity contribution >= 4 is 35.2 Å². The van der Waals surface area contributed by atoms with Crippen LogP contribution >= 0.6 is 23.2 Å². The second-order valence-corrected chi connectivity index (χ2v) is 6.94. The zero-order valence-electron chi connectivity index (χ0n) is 18.0. The van der Waals surface area contributed by atoms with Gasteiger partial charge in [0.05, 0.1) is 10.7 Å². The smallest absolute Gasteiger partial charge is 0.172 e. The molecule has 0 aliphatic rings. The Hall–Kier alpha value is -2.37. The van der Waals surface area contributed by atoms with Crippen LogP contribution in [0.1, 0.15) is 46.7 Å². The number of hydrogen-bond acceptors (Lipinski definition) is 4. The van der Waals surface area contributed by atoms with E-state index in [0.29, 0.717) is 16.5 Å². The minimum absolute atomic E-state index is 0.466. The van der Waals surface area contributed by atoms with Gasteiger partial charge in [-0.2, -0.15) is 5.10 Å². The number of carbonyl (C=O) groups is 1. The summed E-state index contributed by atoms with van der Waals surface area (Å²) in [7, 11) is 1.92. The molecule has 0 atom stereocenters. The van der Waals surface area contributed by atoms with Gasteiger partial charge in [-0.1, -0.05) is 37.0 Å². The highest BCUT2D eigenvalue weighted by molar-refractivity contribution is 6.32. The Bertz CT molecular complexity index is 944. The van der Waals surface area contributed by atoms with E-state index in [9.17, 15) is 4.79 Å². The molecule has 0 bridgehead atoms. The maximum absolute atomic E-state index is 11.0. The molecular weight excluding hydrogens is 407 g/mol. The number of benzene rings is 1. The first kappa shape index (κ1) is 24.7. The molecule has 0 aliphatic carbocycles. The molecule has 2 heterocycles. The van der Waals surface area contributed by atoms with Gasteiger partial charge in [-0.05, 0) is 63.1 Å². The molecule has 1 N–H and O–H groups in total. The summed E-state index contributed by atoms with van der Waals surface area (Å²) in [5.41, 5.74) is 5.68. The SMILES string of the molecule is CC.CNc1c(C)cc(Cl)cc1C.Cc1nn(-c2ncccc2Cl)c(C=O)c1C. The fourth-order valence-corrected chi connectivity index (χ4v) is 3.29.